The number of carbonyl (C=O) groups is 2. The average molecular weight is 383 g/mol. The highest BCUT2D eigenvalue weighted by Gasteiger charge is 2.30. The van der Waals surface area contributed by atoms with Crippen LogP contribution in [0.2, 0.25) is 5.02 Å². The lowest BCUT2D eigenvalue weighted by Crippen LogP contribution is -2.36. The van der Waals surface area contributed by atoms with Gasteiger partial charge in [-0.1, -0.05) is 29.8 Å². The maximum atomic E-state index is 12.5. The fourth-order valence-corrected chi connectivity index (χ4v) is 3.09. The number of fused-ring (bicyclic) bond motifs is 1. The van der Waals surface area contributed by atoms with Crippen LogP contribution < -0.4 is 10.6 Å². The van der Waals surface area contributed by atoms with Crippen LogP contribution in [0.25, 0.3) is 5.52 Å². The third-order valence-electron chi connectivity index (χ3n) is 4.55. The van der Waals surface area contributed by atoms with Gasteiger partial charge >= 0.3 is 0 Å². The molecule has 0 bridgehead atoms. The third kappa shape index (κ3) is 3.95. The Hall–Kier alpha value is -2.86. The Morgan fingerprint density at radius 3 is 2.63 bits per heavy atom. The van der Waals surface area contributed by atoms with Crippen molar-refractivity contribution in [2.45, 2.75) is 25.3 Å². The van der Waals surface area contributed by atoms with Gasteiger partial charge in [-0.05, 0) is 42.7 Å². The molecule has 2 N–H and O–H groups in total. The van der Waals surface area contributed by atoms with Crippen LogP contribution in [0.1, 0.15) is 40.6 Å². The highest BCUT2D eigenvalue weighted by Crippen LogP contribution is 2.39. The zero-order chi connectivity index (χ0) is 18.8. The Kier molecular flexibility index (Phi) is 4.81. The highest BCUT2D eigenvalue weighted by atomic mass is 35.5. The molecule has 7 heteroatoms. The molecule has 0 unspecified atom stereocenters. The first-order valence-electron chi connectivity index (χ1n) is 8.88. The van der Waals surface area contributed by atoms with Crippen LogP contribution in [0.5, 0.6) is 0 Å². The average Bonchev–Trinajstić information content (AvgIpc) is 3.46. The molecule has 0 aliphatic heterocycles. The highest BCUT2D eigenvalue weighted by molar-refractivity contribution is 6.30. The van der Waals surface area contributed by atoms with Gasteiger partial charge in [-0.3, -0.25) is 9.59 Å². The van der Waals surface area contributed by atoms with Crippen molar-refractivity contribution in [3.63, 3.8) is 0 Å². The molecule has 1 saturated carbocycles. The van der Waals surface area contributed by atoms with Gasteiger partial charge in [-0.25, -0.2) is 4.98 Å². The van der Waals surface area contributed by atoms with Crippen molar-refractivity contribution in [1.29, 1.82) is 0 Å². The molecule has 0 radical (unpaired) electrons. The molecule has 1 aromatic carbocycles. The molecule has 1 aliphatic rings. The third-order valence-corrected chi connectivity index (χ3v) is 4.80. The molecule has 6 nitrogen and oxygen atoms in total. The van der Waals surface area contributed by atoms with Crippen molar-refractivity contribution < 1.29 is 9.59 Å². The summed E-state index contributed by atoms with van der Waals surface area (Å²) in [7, 11) is 0. The molecule has 0 saturated heterocycles. The lowest BCUT2D eigenvalue weighted by atomic mass is 10.2. The van der Waals surface area contributed by atoms with E-state index >= 15 is 0 Å². The first-order chi connectivity index (χ1) is 13.1. The lowest BCUT2D eigenvalue weighted by molar-refractivity contribution is -0.120. The molecule has 3 aromatic rings. The number of aromatic nitrogens is 2. The molecule has 0 spiro atoms. The predicted molar refractivity (Wildman–Crippen MR) is 103 cm³/mol. The van der Waals surface area contributed by atoms with Crippen LogP contribution >= 0.6 is 11.6 Å². The van der Waals surface area contributed by atoms with Gasteiger partial charge in [0, 0.05) is 23.7 Å². The van der Waals surface area contributed by atoms with E-state index in [0.29, 0.717) is 23.2 Å². The van der Waals surface area contributed by atoms with Gasteiger partial charge in [0.25, 0.3) is 5.91 Å². The van der Waals surface area contributed by atoms with Crippen molar-refractivity contribution in [3.8, 4) is 0 Å². The van der Waals surface area contributed by atoms with E-state index < -0.39 is 0 Å². The maximum Gasteiger partial charge on any atom is 0.272 e. The van der Waals surface area contributed by atoms with E-state index in [1.54, 1.807) is 12.1 Å². The molecule has 2 amide bonds. The molecule has 0 atom stereocenters. The molecular formula is C20H19ClN4O2. The van der Waals surface area contributed by atoms with Crippen LogP contribution in [-0.4, -0.2) is 27.7 Å². The lowest BCUT2D eigenvalue weighted by Gasteiger charge is -2.06. The van der Waals surface area contributed by atoms with Gasteiger partial charge in [0.1, 0.15) is 5.82 Å². The molecule has 4 rings (SSSR count). The van der Waals surface area contributed by atoms with Crippen molar-refractivity contribution in [1.82, 2.24) is 20.0 Å². The van der Waals surface area contributed by atoms with Crippen molar-refractivity contribution in [2.75, 3.05) is 6.54 Å². The number of halogens is 1. The fraction of sp³-hybridized carbons (Fsp3) is 0.250. The standard InChI is InChI=1S/C20H19ClN4O2/c21-15-8-4-13(5-9-15)11-22-17(26)12-23-20(27)18-16-3-1-2-10-25(16)19(24-18)14-6-7-14/h1-5,8-10,14H,6-7,11-12H2,(H,22,26)(H,23,27). The first-order valence-corrected chi connectivity index (χ1v) is 9.26. The number of benzene rings is 1. The van der Waals surface area contributed by atoms with Gasteiger partial charge in [-0.2, -0.15) is 0 Å². The van der Waals surface area contributed by atoms with E-state index in [1.165, 1.54) is 0 Å². The molecule has 1 aliphatic carbocycles. The smallest absolute Gasteiger partial charge is 0.272 e. The molecule has 1 fully saturated rings. The van der Waals surface area contributed by atoms with Crippen molar-refractivity contribution in [3.05, 3.63) is 70.8 Å². The van der Waals surface area contributed by atoms with E-state index in [9.17, 15) is 9.59 Å². The Morgan fingerprint density at radius 2 is 1.89 bits per heavy atom. The zero-order valence-electron chi connectivity index (χ0n) is 14.6. The molecule has 2 heterocycles. The molecule has 138 valence electrons. The minimum absolute atomic E-state index is 0.100. The second kappa shape index (κ2) is 7.40. The number of amides is 2. The monoisotopic (exact) mass is 382 g/mol. The second-order valence-electron chi connectivity index (χ2n) is 6.63. The van der Waals surface area contributed by atoms with Gasteiger partial charge in [0.05, 0.1) is 12.1 Å². The summed E-state index contributed by atoms with van der Waals surface area (Å²) >= 11 is 5.84. The minimum atomic E-state index is -0.341. The molecule has 27 heavy (non-hydrogen) atoms. The van der Waals surface area contributed by atoms with E-state index in [1.807, 2.05) is 40.9 Å². The first kappa shape index (κ1) is 17.5. The summed E-state index contributed by atoms with van der Waals surface area (Å²) in [4.78, 5) is 29.1. The van der Waals surface area contributed by atoms with Crippen LogP contribution in [0.3, 0.4) is 0 Å². The topological polar surface area (TPSA) is 75.5 Å². The minimum Gasteiger partial charge on any atom is -0.350 e. The zero-order valence-corrected chi connectivity index (χ0v) is 15.4. The Bertz CT molecular complexity index is 993. The summed E-state index contributed by atoms with van der Waals surface area (Å²) in [6.45, 7) is 0.280. The largest absolute Gasteiger partial charge is 0.350 e. The summed E-state index contributed by atoms with van der Waals surface area (Å²) in [5, 5.41) is 6.08. The van der Waals surface area contributed by atoms with E-state index in [0.717, 1.165) is 29.7 Å². The van der Waals surface area contributed by atoms with Crippen molar-refractivity contribution in [2.24, 2.45) is 0 Å². The molecule has 2 aromatic heterocycles. The Morgan fingerprint density at radius 1 is 1.11 bits per heavy atom. The van der Waals surface area contributed by atoms with Crippen LogP contribution in [0.15, 0.2) is 48.7 Å². The van der Waals surface area contributed by atoms with Crippen LogP contribution in [0.4, 0.5) is 0 Å². The summed E-state index contributed by atoms with van der Waals surface area (Å²) in [6, 6.07) is 12.9. The van der Waals surface area contributed by atoms with E-state index in [4.69, 9.17) is 11.6 Å². The number of rotatable bonds is 6. The van der Waals surface area contributed by atoms with E-state index in [-0.39, 0.29) is 18.4 Å². The fourth-order valence-electron chi connectivity index (χ4n) is 2.97. The number of nitrogens with one attached hydrogen (secondary N) is 2. The number of carbonyl (C=O) groups excluding carboxylic acids is 2. The summed E-state index contributed by atoms with van der Waals surface area (Å²) in [5.74, 6) is 0.739. The van der Waals surface area contributed by atoms with Gasteiger partial charge in [-0.15, -0.1) is 0 Å². The Balaban J connectivity index is 1.37. The molecular weight excluding hydrogens is 364 g/mol. The van der Waals surface area contributed by atoms with Gasteiger partial charge in [0.15, 0.2) is 5.69 Å². The summed E-state index contributed by atoms with van der Waals surface area (Å²) in [5.41, 5.74) is 2.06. The van der Waals surface area contributed by atoms with E-state index in [2.05, 4.69) is 15.6 Å². The SMILES string of the molecule is O=C(CNC(=O)c1nc(C2CC2)n2ccccc12)NCc1ccc(Cl)cc1. The number of hydrogen-bond donors (Lipinski definition) is 2. The number of hydrogen-bond acceptors (Lipinski definition) is 3. The normalized spacial score (nSPS) is 13.5. The summed E-state index contributed by atoms with van der Waals surface area (Å²) in [6.07, 6.45) is 4.12. The predicted octanol–water partition coefficient (Wildman–Crippen LogP) is 2.91. The van der Waals surface area contributed by atoms with Crippen molar-refractivity contribution >= 4 is 28.9 Å². The van der Waals surface area contributed by atoms with Crippen LogP contribution in [0, 0.1) is 0 Å². The second-order valence-corrected chi connectivity index (χ2v) is 7.07. The number of imidazole rings is 1. The quantitative estimate of drug-likeness (QED) is 0.688. The van der Waals surface area contributed by atoms with Gasteiger partial charge in [0.2, 0.25) is 5.91 Å². The number of pyridine rings is 1. The van der Waals surface area contributed by atoms with Crippen LogP contribution in [-0.2, 0) is 11.3 Å². The van der Waals surface area contributed by atoms with Gasteiger partial charge < -0.3 is 15.0 Å². The maximum absolute atomic E-state index is 12.5. The Labute approximate surface area is 161 Å². The number of nitrogens with zero attached hydrogens (tertiary/aromatic N) is 2. The summed E-state index contributed by atoms with van der Waals surface area (Å²) < 4.78 is 1.97.